The first kappa shape index (κ1) is 14.5. The molecule has 0 aromatic rings. The SMILES string of the molecule is CCCCC1(OC(=O)C2C3[CH]C4OC(=O)C2C4C3)CCCC1. The Labute approximate surface area is 131 Å². The lowest BCUT2D eigenvalue weighted by Crippen LogP contribution is -2.40. The van der Waals surface area contributed by atoms with Gasteiger partial charge in [-0.3, -0.25) is 9.59 Å². The van der Waals surface area contributed by atoms with E-state index in [-0.39, 0.29) is 47.3 Å². The van der Waals surface area contributed by atoms with Gasteiger partial charge in [-0.2, -0.15) is 0 Å². The second-order valence-corrected chi connectivity index (χ2v) is 7.62. The summed E-state index contributed by atoms with van der Waals surface area (Å²) in [6, 6.07) is 0. The third-order valence-corrected chi connectivity index (χ3v) is 6.33. The number of esters is 2. The molecule has 2 bridgehead atoms. The maximum absolute atomic E-state index is 12.8. The summed E-state index contributed by atoms with van der Waals surface area (Å²) >= 11 is 0. The molecule has 4 aliphatic rings. The molecule has 3 aliphatic carbocycles. The average Bonchev–Trinajstić information content (AvgIpc) is 3.20. The monoisotopic (exact) mass is 305 g/mol. The summed E-state index contributed by atoms with van der Waals surface area (Å²) in [5.74, 6) is -0.424. The van der Waals surface area contributed by atoms with Crippen molar-refractivity contribution in [1.82, 2.24) is 0 Å². The van der Waals surface area contributed by atoms with Gasteiger partial charge in [0.25, 0.3) is 0 Å². The quantitative estimate of drug-likeness (QED) is 0.733. The fourth-order valence-electron chi connectivity index (χ4n) is 5.25. The minimum atomic E-state index is -0.282. The van der Waals surface area contributed by atoms with E-state index in [0.29, 0.717) is 0 Å². The van der Waals surface area contributed by atoms with Gasteiger partial charge in [0.1, 0.15) is 11.7 Å². The Bertz CT molecular complexity index is 477. The number of unbranched alkanes of at least 4 members (excludes halogenated alkanes) is 1. The summed E-state index contributed by atoms with van der Waals surface area (Å²) in [6.07, 6.45) is 10.4. The largest absolute Gasteiger partial charge is 0.461 e. The second kappa shape index (κ2) is 5.24. The van der Waals surface area contributed by atoms with Crippen molar-refractivity contribution in [3.63, 3.8) is 0 Å². The molecule has 1 radical (unpaired) electrons. The van der Waals surface area contributed by atoms with Gasteiger partial charge < -0.3 is 9.47 Å². The van der Waals surface area contributed by atoms with Gasteiger partial charge in [0.2, 0.25) is 0 Å². The number of ether oxygens (including phenoxy) is 2. The van der Waals surface area contributed by atoms with Crippen LogP contribution >= 0.6 is 0 Å². The van der Waals surface area contributed by atoms with Crippen LogP contribution < -0.4 is 0 Å². The van der Waals surface area contributed by atoms with Crippen LogP contribution in [0.1, 0.15) is 58.3 Å². The lowest BCUT2D eigenvalue weighted by atomic mass is 9.80. The molecule has 121 valence electrons. The fraction of sp³-hybridized carbons (Fsp3) is 0.833. The smallest absolute Gasteiger partial charge is 0.310 e. The van der Waals surface area contributed by atoms with Crippen molar-refractivity contribution in [3.8, 4) is 0 Å². The first-order chi connectivity index (χ1) is 10.6. The molecule has 5 unspecified atom stereocenters. The number of carbonyl (C=O) groups is 2. The second-order valence-electron chi connectivity index (χ2n) is 7.62. The third kappa shape index (κ3) is 2.10. The highest BCUT2D eigenvalue weighted by Gasteiger charge is 2.65. The Balaban J connectivity index is 1.49. The molecule has 1 aliphatic heterocycles. The summed E-state index contributed by atoms with van der Waals surface area (Å²) in [6.45, 7) is 2.17. The molecule has 5 atom stereocenters. The van der Waals surface area contributed by atoms with Crippen LogP contribution in [0.25, 0.3) is 0 Å². The minimum absolute atomic E-state index is 0.0351. The summed E-state index contributed by atoms with van der Waals surface area (Å²) in [4.78, 5) is 24.9. The van der Waals surface area contributed by atoms with Crippen LogP contribution in [0.3, 0.4) is 0 Å². The van der Waals surface area contributed by atoms with Crippen molar-refractivity contribution in [2.24, 2.45) is 23.7 Å². The Kier molecular flexibility index (Phi) is 3.46. The molecule has 0 aromatic carbocycles. The maximum Gasteiger partial charge on any atom is 0.310 e. The van der Waals surface area contributed by atoms with E-state index < -0.39 is 0 Å². The highest BCUT2D eigenvalue weighted by molar-refractivity contribution is 5.86. The van der Waals surface area contributed by atoms with E-state index in [1.54, 1.807) is 0 Å². The van der Waals surface area contributed by atoms with Crippen molar-refractivity contribution in [2.75, 3.05) is 0 Å². The molecule has 3 saturated carbocycles. The molecule has 0 N–H and O–H groups in total. The summed E-state index contributed by atoms with van der Waals surface area (Å²) in [7, 11) is 0. The predicted molar refractivity (Wildman–Crippen MR) is 79.6 cm³/mol. The van der Waals surface area contributed by atoms with Crippen molar-refractivity contribution in [3.05, 3.63) is 6.42 Å². The standard InChI is InChI=1S/C18H25O4/c1-2-3-6-18(7-4-5-8-18)22-17(20)14-11-9-12-13(10-11)21-16(19)15(12)14/h10-15H,2-9H2,1H3. The van der Waals surface area contributed by atoms with E-state index in [4.69, 9.17) is 9.47 Å². The Hall–Kier alpha value is -1.06. The average molecular weight is 305 g/mol. The molecule has 4 heteroatoms. The van der Waals surface area contributed by atoms with Gasteiger partial charge in [0.15, 0.2) is 0 Å². The van der Waals surface area contributed by atoms with Crippen molar-refractivity contribution in [1.29, 1.82) is 0 Å². The Morgan fingerprint density at radius 3 is 2.91 bits per heavy atom. The van der Waals surface area contributed by atoms with E-state index in [2.05, 4.69) is 13.3 Å². The van der Waals surface area contributed by atoms with Gasteiger partial charge in [-0.15, -0.1) is 0 Å². The molecule has 0 aromatic heterocycles. The highest BCUT2D eigenvalue weighted by Crippen LogP contribution is 2.58. The highest BCUT2D eigenvalue weighted by atomic mass is 16.6. The number of fused-ring (bicyclic) bond motifs is 1. The van der Waals surface area contributed by atoms with E-state index >= 15 is 0 Å². The van der Waals surface area contributed by atoms with Gasteiger partial charge >= 0.3 is 11.9 Å². The zero-order valence-electron chi connectivity index (χ0n) is 13.3. The molecule has 0 amide bonds. The molecular formula is C18H25O4. The predicted octanol–water partition coefficient (Wildman–Crippen LogP) is 3.04. The van der Waals surface area contributed by atoms with E-state index in [1.165, 1.54) is 0 Å². The van der Waals surface area contributed by atoms with Gasteiger partial charge in [-0.1, -0.05) is 13.3 Å². The van der Waals surface area contributed by atoms with Gasteiger partial charge in [0, 0.05) is 12.3 Å². The maximum atomic E-state index is 12.8. The minimum Gasteiger partial charge on any atom is -0.461 e. The topological polar surface area (TPSA) is 52.6 Å². The number of hydrogen-bond acceptors (Lipinski definition) is 4. The molecular weight excluding hydrogens is 280 g/mol. The summed E-state index contributed by atoms with van der Waals surface area (Å²) < 4.78 is 11.4. The van der Waals surface area contributed by atoms with Crippen molar-refractivity contribution < 1.29 is 19.1 Å². The van der Waals surface area contributed by atoms with E-state index in [0.717, 1.165) is 51.4 Å². The van der Waals surface area contributed by atoms with Crippen LogP contribution in [0.4, 0.5) is 0 Å². The lowest BCUT2D eigenvalue weighted by molar-refractivity contribution is -0.170. The molecule has 4 rings (SSSR count). The van der Waals surface area contributed by atoms with Crippen LogP contribution in [0.15, 0.2) is 0 Å². The number of rotatable bonds is 5. The van der Waals surface area contributed by atoms with E-state index in [1.807, 2.05) is 0 Å². The summed E-state index contributed by atoms with van der Waals surface area (Å²) in [5.41, 5.74) is -0.253. The molecule has 1 saturated heterocycles. The number of hydrogen-bond donors (Lipinski definition) is 0. The molecule has 22 heavy (non-hydrogen) atoms. The van der Waals surface area contributed by atoms with Crippen LogP contribution in [0.5, 0.6) is 0 Å². The van der Waals surface area contributed by atoms with Gasteiger partial charge in [-0.25, -0.2) is 0 Å². The van der Waals surface area contributed by atoms with Gasteiger partial charge in [0.05, 0.1) is 11.8 Å². The zero-order valence-corrected chi connectivity index (χ0v) is 13.3. The molecule has 0 spiro atoms. The molecule has 4 fully saturated rings. The molecule has 4 nitrogen and oxygen atoms in total. The first-order valence-electron chi connectivity index (χ1n) is 8.92. The van der Waals surface area contributed by atoms with Crippen LogP contribution in [-0.4, -0.2) is 23.6 Å². The third-order valence-electron chi connectivity index (χ3n) is 6.33. The van der Waals surface area contributed by atoms with Crippen LogP contribution in [0.2, 0.25) is 0 Å². The van der Waals surface area contributed by atoms with Crippen LogP contribution in [0, 0.1) is 30.1 Å². The van der Waals surface area contributed by atoms with Crippen molar-refractivity contribution >= 4 is 11.9 Å². The van der Waals surface area contributed by atoms with Gasteiger partial charge in [-0.05, 0) is 50.9 Å². The van der Waals surface area contributed by atoms with Crippen molar-refractivity contribution in [2.45, 2.75) is 70.0 Å². The lowest BCUT2D eigenvalue weighted by Gasteiger charge is -2.32. The Morgan fingerprint density at radius 2 is 2.18 bits per heavy atom. The molecule has 1 heterocycles. The fourth-order valence-corrected chi connectivity index (χ4v) is 5.25. The normalized spacial score (nSPS) is 41.0. The zero-order chi connectivity index (χ0) is 15.3. The van der Waals surface area contributed by atoms with Crippen LogP contribution in [-0.2, 0) is 19.1 Å². The van der Waals surface area contributed by atoms with E-state index in [9.17, 15) is 9.59 Å². The number of carbonyl (C=O) groups excluding carboxylic acids is 2. The summed E-state index contributed by atoms with van der Waals surface area (Å²) in [5, 5.41) is 0. The first-order valence-corrected chi connectivity index (χ1v) is 8.92. The Morgan fingerprint density at radius 1 is 1.41 bits per heavy atom.